The number of rotatable bonds is 1. The van der Waals surface area contributed by atoms with Crippen LogP contribution in [0.25, 0.3) is 10.9 Å². The van der Waals surface area contributed by atoms with Gasteiger partial charge in [-0.2, -0.15) is 0 Å². The minimum atomic E-state index is 0.124. The fourth-order valence-corrected chi connectivity index (χ4v) is 2.14. The number of ether oxygens (including phenoxy) is 1. The molecule has 0 spiro atoms. The summed E-state index contributed by atoms with van der Waals surface area (Å²) in [7, 11) is 0. The smallest absolute Gasteiger partial charge is 0.235 e. The first-order valence-electron chi connectivity index (χ1n) is 6.61. The summed E-state index contributed by atoms with van der Waals surface area (Å²) in [6.07, 6.45) is 0. The molecule has 19 heavy (non-hydrogen) atoms. The van der Waals surface area contributed by atoms with Gasteiger partial charge in [-0.05, 0) is 17.5 Å². The summed E-state index contributed by atoms with van der Waals surface area (Å²) in [4.78, 5) is 9.29. The third-order valence-corrected chi connectivity index (χ3v) is 3.47. The second kappa shape index (κ2) is 4.34. The Morgan fingerprint density at radius 3 is 2.63 bits per heavy atom. The predicted molar refractivity (Wildman–Crippen MR) is 77.5 cm³/mol. The van der Waals surface area contributed by atoms with Gasteiger partial charge in [0.05, 0.1) is 11.6 Å². The third-order valence-electron chi connectivity index (χ3n) is 3.47. The molecule has 0 bridgehead atoms. The Balaban J connectivity index is 1.97. The zero-order valence-corrected chi connectivity index (χ0v) is 11.6. The lowest BCUT2D eigenvalue weighted by Crippen LogP contribution is -2.25. The summed E-state index contributed by atoms with van der Waals surface area (Å²) < 4.78 is 5.71. The van der Waals surface area contributed by atoms with Crippen LogP contribution in [0.4, 0.5) is 0 Å². The van der Waals surface area contributed by atoms with Crippen molar-refractivity contribution in [3.05, 3.63) is 42.1 Å². The van der Waals surface area contributed by atoms with Crippen LogP contribution in [0.2, 0.25) is 0 Å². The molecule has 0 radical (unpaired) electrons. The van der Waals surface area contributed by atoms with E-state index in [1.165, 1.54) is 0 Å². The van der Waals surface area contributed by atoms with Crippen molar-refractivity contribution < 1.29 is 4.74 Å². The van der Waals surface area contributed by atoms with E-state index in [2.05, 4.69) is 42.9 Å². The van der Waals surface area contributed by atoms with Crippen LogP contribution in [-0.4, -0.2) is 23.5 Å². The van der Waals surface area contributed by atoms with Crippen molar-refractivity contribution in [3.63, 3.8) is 0 Å². The van der Waals surface area contributed by atoms with E-state index in [9.17, 15) is 0 Å². The van der Waals surface area contributed by atoms with Gasteiger partial charge in [-0.15, -0.1) is 0 Å². The van der Waals surface area contributed by atoms with Crippen LogP contribution in [-0.2, 0) is 4.74 Å². The molecule has 0 saturated heterocycles. The first kappa shape index (κ1) is 12.2. The van der Waals surface area contributed by atoms with Crippen LogP contribution < -0.4 is 0 Å². The van der Waals surface area contributed by atoms with E-state index >= 15 is 0 Å². The van der Waals surface area contributed by atoms with Crippen LogP contribution in [0.15, 0.2) is 41.4 Å². The van der Waals surface area contributed by atoms with Gasteiger partial charge in [-0.3, -0.25) is 0 Å². The molecule has 1 aliphatic heterocycles. The molecule has 0 unspecified atom stereocenters. The van der Waals surface area contributed by atoms with Gasteiger partial charge in [0.15, 0.2) is 0 Å². The standard InChI is InChI=1S/C16H18N2O/c1-16(2,3)14-10-19-15(18-14)13-9-8-11-6-4-5-7-12(11)17-13/h4-9,14H,10H2,1-3H3/t14-/m1/s1. The molecule has 1 atom stereocenters. The fourth-order valence-electron chi connectivity index (χ4n) is 2.14. The molecule has 3 heteroatoms. The van der Waals surface area contributed by atoms with Crippen LogP contribution in [0.3, 0.4) is 0 Å². The van der Waals surface area contributed by atoms with Crippen molar-refractivity contribution in [2.45, 2.75) is 26.8 Å². The molecular formula is C16H18N2O. The number of para-hydroxylation sites is 1. The second-order valence-corrected chi connectivity index (χ2v) is 6.02. The van der Waals surface area contributed by atoms with Crippen molar-refractivity contribution in [2.24, 2.45) is 10.4 Å². The second-order valence-electron chi connectivity index (χ2n) is 6.02. The minimum absolute atomic E-state index is 0.124. The highest BCUT2D eigenvalue weighted by molar-refractivity contribution is 5.95. The van der Waals surface area contributed by atoms with Crippen LogP contribution >= 0.6 is 0 Å². The molecule has 3 nitrogen and oxygen atoms in total. The summed E-state index contributed by atoms with van der Waals surface area (Å²) in [5, 5.41) is 1.14. The van der Waals surface area contributed by atoms with E-state index in [-0.39, 0.29) is 11.5 Å². The molecule has 0 amide bonds. The summed E-state index contributed by atoms with van der Waals surface area (Å²) in [6.45, 7) is 7.19. The topological polar surface area (TPSA) is 34.5 Å². The quantitative estimate of drug-likeness (QED) is 0.781. The van der Waals surface area contributed by atoms with Gasteiger partial charge in [-0.25, -0.2) is 9.98 Å². The van der Waals surface area contributed by atoms with Gasteiger partial charge < -0.3 is 4.74 Å². The molecule has 0 aliphatic carbocycles. The maximum absolute atomic E-state index is 5.71. The fraction of sp³-hybridized carbons (Fsp3) is 0.375. The molecule has 2 heterocycles. The zero-order chi connectivity index (χ0) is 13.5. The first-order chi connectivity index (χ1) is 9.04. The highest BCUT2D eigenvalue weighted by atomic mass is 16.5. The molecule has 1 aromatic carbocycles. The van der Waals surface area contributed by atoms with E-state index < -0.39 is 0 Å². The van der Waals surface area contributed by atoms with E-state index in [0.29, 0.717) is 12.5 Å². The Labute approximate surface area is 113 Å². The Bertz CT molecular complexity index is 640. The van der Waals surface area contributed by atoms with Crippen molar-refractivity contribution in [1.29, 1.82) is 0 Å². The largest absolute Gasteiger partial charge is 0.474 e. The molecular weight excluding hydrogens is 236 g/mol. The average Bonchev–Trinajstić information content (AvgIpc) is 2.87. The van der Waals surface area contributed by atoms with Crippen molar-refractivity contribution in [1.82, 2.24) is 4.98 Å². The van der Waals surface area contributed by atoms with E-state index in [4.69, 9.17) is 4.74 Å². The molecule has 0 N–H and O–H groups in total. The normalized spacial score (nSPS) is 19.3. The van der Waals surface area contributed by atoms with Crippen LogP contribution in [0.5, 0.6) is 0 Å². The highest BCUT2D eigenvalue weighted by Gasteiger charge is 2.31. The monoisotopic (exact) mass is 254 g/mol. The lowest BCUT2D eigenvalue weighted by molar-refractivity contribution is 0.235. The molecule has 0 saturated carbocycles. The molecule has 1 aromatic heterocycles. The van der Waals surface area contributed by atoms with E-state index in [1.54, 1.807) is 0 Å². The van der Waals surface area contributed by atoms with Crippen LogP contribution in [0, 0.1) is 5.41 Å². The van der Waals surface area contributed by atoms with Gasteiger partial charge in [0.25, 0.3) is 0 Å². The highest BCUT2D eigenvalue weighted by Crippen LogP contribution is 2.27. The molecule has 2 aromatic rings. The first-order valence-corrected chi connectivity index (χ1v) is 6.61. The van der Waals surface area contributed by atoms with Crippen LogP contribution in [0.1, 0.15) is 26.5 Å². The number of aromatic nitrogens is 1. The van der Waals surface area contributed by atoms with Crippen molar-refractivity contribution in [3.8, 4) is 0 Å². The van der Waals surface area contributed by atoms with E-state index in [0.717, 1.165) is 16.6 Å². The van der Waals surface area contributed by atoms with E-state index in [1.807, 2.05) is 24.3 Å². The van der Waals surface area contributed by atoms with Gasteiger partial charge in [0, 0.05) is 5.39 Å². The Morgan fingerprint density at radius 2 is 1.89 bits per heavy atom. The summed E-state index contributed by atoms with van der Waals surface area (Å²) >= 11 is 0. The number of fused-ring (bicyclic) bond motifs is 1. The SMILES string of the molecule is CC(C)(C)[C@H]1COC(c2ccc3ccccc3n2)=N1. The lowest BCUT2D eigenvalue weighted by Gasteiger charge is -2.21. The Kier molecular flexibility index (Phi) is 2.77. The number of aliphatic imine (C=N–C) groups is 1. The number of pyridine rings is 1. The minimum Gasteiger partial charge on any atom is -0.474 e. The summed E-state index contributed by atoms with van der Waals surface area (Å²) in [5.74, 6) is 0.672. The maximum Gasteiger partial charge on any atom is 0.235 e. The van der Waals surface area contributed by atoms with Gasteiger partial charge >= 0.3 is 0 Å². The summed E-state index contributed by atoms with van der Waals surface area (Å²) in [6, 6.07) is 12.3. The maximum atomic E-state index is 5.71. The number of hydrogen-bond donors (Lipinski definition) is 0. The number of benzene rings is 1. The number of nitrogens with zero attached hydrogens (tertiary/aromatic N) is 2. The molecule has 98 valence electrons. The molecule has 0 fully saturated rings. The van der Waals surface area contributed by atoms with Gasteiger partial charge in [-0.1, -0.05) is 45.0 Å². The number of hydrogen-bond acceptors (Lipinski definition) is 3. The van der Waals surface area contributed by atoms with Gasteiger partial charge in [0.1, 0.15) is 12.3 Å². The lowest BCUT2D eigenvalue weighted by atomic mass is 9.88. The van der Waals surface area contributed by atoms with Crippen molar-refractivity contribution in [2.75, 3.05) is 6.61 Å². The summed E-state index contributed by atoms with van der Waals surface area (Å²) in [5.41, 5.74) is 1.93. The Morgan fingerprint density at radius 1 is 1.11 bits per heavy atom. The Hall–Kier alpha value is -1.90. The zero-order valence-electron chi connectivity index (χ0n) is 11.6. The molecule has 3 rings (SSSR count). The molecule has 1 aliphatic rings. The average molecular weight is 254 g/mol. The third kappa shape index (κ3) is 2.33. The van der Waals surface area contributed by atoms with Crippen molar-refractivity contribution >= 4 is 16.8 Å². The van der Waals surface area contributed by atoms with Gasteiger partial charge in [0.2, 0.25) is 5.90 Å². The predicted octanol–water partition coefficient (Wildman–Crippen LogP) is 3.43.